The fourth-order valence-corrected chi connectivity index (χ4v) is 4.75. The molecule has 2 heterocycles. The van der Waals surface area contributed by atoms with E-state index in [9.17, 15) is 14.4 Å². The molecule has 1 aromatic heterocycles. The Hall–Kier alpha value is -4.65. The van der Waals surface area contributed by atoms with Crippen LogP contribution in [0.2, 0.25) is 0 Å². The van der Waals surface area contributed by atoms with E-state index in [-0.39, 0.29) is 5.57 Å². The molecule has 0 bridgehead atoms. The van der Waals surface area contributed by atoms with Crippen molar-refractivity contribution in [1.29, 1.82) is 0 Å². The van der Waals surface area contributed by atoms with Gasteiger partial charge in [0.25, 0.3) is 11.8 Å². The number of urea groups is 1. The van der Waals surface area contributed by atoms with E-state index in [0.29, 0.717) is 18.8 Å². The fourth-order valence-electron chi connectivity index (χ4n) is 4.75. The zero-order chi connectivity index (χ0) is 27.4. The van der Waals surface area contributed by atoms with Crippen molar-refractivity contribution < 1.29 is 19.1 Å². The molecule has 4 amide bonds. The minimum absolute atomic E-state index is 0.0871. The smallest absolute Gasteiger partial charge is 0.335 e. The normalized spacial score (nSPS) is 14.8. The van der Waals surface area contributed by atoms with Crippen LogP contribution >= 0.6 is 0 Å². The van der Waals surface area contributed by atoms with Gasteiger partial charge in [0.2, 0.25) is 0 Å². The molecule has 3 aromatic carbocycles. The van der Waals surface area contributed by atoms with E-state index in [4.69, 9.17) is 4.74 Å². The third-order valence-corrected chi connectivity index (χ3v) is 6.97. The van der Waals surface area contributed by atoms with Crippen LogP contribution in [-0.2, 0) is 29.0 Å². The van der Waals surface area contributed by atoms with Crippen LogP contribution in [0.1, 0.15) is 37.0 Å². The topological polar surface area (TPSA) is 80.6 Å². The molecule has 1 aliphatic rings. The summed E-state index contributed by atoms with van der Waals surface area (Å²) in [6.07, 6.45) is 6.12. The van der Waals surface area contributed by atoms with Gasteiger partial charge in [-0.2, -0.15) is 0 Å². The first-order chi connectivity index (χ1) is 19.0. The average Bonchev–Trinajstić information content (AvgIpc) is 3.31. The first-order valence-electron chi connectivity index (χ1n) is 13.3. The predicted octanol–water partition coefficient (Wildman–Crippen LogP) is 5.90. The summed E-state index contributed by atoms with van der Waals surface area (Å²) in [5.41, 5.74) is 4.41. The summed E-state index contributed by atoms with van der Waals surface area (Å²) in [5.74, 6) is -0.502. The van der Waals surface area contributed by atoms with Gasteiger partial charge in [-0.3, -0.25) is 14.9 Å². The van der Waals surface area contributed by atoms with Crippen molar-refractivity contribution in [3.05, 3.63) is 101 Å². The number of aromatic nitrogens is 1. The molecule has 1 saturated heterocycles. The van der Waals surface area contributed by atoms with Gasteiger partial charge in [-0.25, -0.2) is 9.69 Å². The minimum Gasteiger partial charge on any atom is -0.494 e. The molecular formula is C32H31N3O4. The zero-order valence-electron chi connectivity index (χ0n) is 22.1. The Labute approximate surface area is 227 Å². The van der Waals surface area contributed by atoms with Crippen LogP contribution in [0, 0.1) is 0 Å². The number of fused-ring (bicyclic) bond motifs is 1. The summed E-state index contributed by atoms with van der Waals surface area (Å²) in [4.78, 5) is 39.7. The highest BCUT2D eigenvalue weighted by atomic mass is 16.5. The number of rotatable bonds is 9. The zero-order valence-corrected chi connectivity index (χ0v) is 22.1. The summed E-state index contributed by atoms with van der Waals surface area (Å²) >= 11 is 0. The van der Waals surface area contributed by atoms with Gasteiger partial charge in [0, 0.05) is 29.2 Å². The van der Waals surface area contributed by atoms with Crippen LogP contribution in [0.5, 0.6) is 5.75 Å². The van der Waals surface area contributed by atoms with Crippen LogP contribution in [0.3, 0.4) is 0 Å². The molecule has 1 aliphatic heterocycles. The van der Waals surface area contributed by atoms with Crippen molar-refractivity contribution in [3.8, 4) is 5.75 Å². The maximum Gasteiger partial charge on any atom is 0.335 e. The number of carbonyl (C=O) groups excluding carboxylic acids is 3. The second kappa shape index (κ2) is 11.4. The lowest BCUT2D eigenvalue weighted by atomic mass is 10.1. The highest BCUT2D eigenvalue weighted by Crippen LogP contribution is 2.27. The number of carbonyl (C=O) groups is 3. The minimum atomic E-state index is -0.752. The van der Waals surface area contributed by atoms with E-state index in [1.807, 2.05) is 61.7 Å². The summed E-state index contributed by atoms with van der Waals surface area (Å²) in [6, 6.07) is 22.4. The van der Waals surface area contributed by atoms with Gasteiger partial charge >= 0.3 is 6.03 Å². The van der Waals surface area contributed by atoms with E-state index in [1.54, 1.807) is 18.2 Å². The average molecular weight is 522 g/mol. The van der Waals surface area contributed by atoms with Crippen LogP contribution < -0.4 is 15.0 Å². The molecule has 4 aromatic rings. The molecule has 0 aliphatic carbocycles. The third-order valence-electron chi connectivity index (χ3n) is 6.97. The Morgan fingerprint density at radius 3 is 2.21 bits per heavy atom. The maximum absolute atomic E-state index is 13.4. The van der Waals surface area contributed by atoms with E-state index in [2.05, 4.69) is 28.9 Å². The first kappa shape index (κ1) is 26.0. The quantitative estimate of drug-likeness (QED) is 0.169. The Bertz CT molecular complexity index is 1550. The highest BCUT2D eigenvalue weighted by molar-refractivity contribution is 6.39. The molecule has 1 N–H and O–H groups in total. The number of hydrogen-bond donors (Lipinski definition) is 1. The number of imide groups is 2. The second-order valence-electron chi connectivity index (χ2n) is 9.47. The number of anilines is 1. The SMILES string of the molecule is CCc1ccc(OCCCn2cc(/C=C3/C(=O)NC(=O)N(c4ccc(CC)cc4)C3=O)c3ccccc32)cc1. The highest BCUT2D eigenvalue weighted by Gasteiger charge is 2.37. The van der Waals surface area contributed by atoms with E-state index in [1.165, 1.54) is 5.56 Å². The Balaban J connectivity index is 1.36. The Morgan fingerprint density at radius 1 is 0.846 bits per heavy atom. The number of amides is 4. The summed E-state index contributed by atoms with van der Waals surface area (Å²) in [6.45, 7) is 5.41. The molecule has 5 rings (SSSR count). The monoisotopic (exact) mass is 521 g/mol. The molecule has 198 valence electrons. The third kappa shape index (κ3) is 5.48. The van der Waals surface area contributed by atoms with Crippen molar-refractivity contribution in [2.45, 2.75) is 39.7 Å². The van der Waals surface area contributed by atoms with Gasteiger partial charge in [0.05, 0.1) is 12.3 Å². The number of nitrogens with zero attached hydrogens (tertiary/aromatic N) is 2. The molecule has 7 heteroatoms. The lowest BCUT2D eigenvalue weighted by Gasteiger charge is -2.26. The Morgan fingerprint density at radius 2 is 1.51 bits per heavy atom. The molecule has 0 saturated carbocycles. The van der Waals surface area contributed by atoms with Crippen LogP contribution in [0.15, 0.2) is 84.6 Å². The molecule has 39 heavy (non-hydrogen) atoms. The van der Waals surface area contributed by atoms with Crippen molar-refractivity contribution in [2.24, 2.45) is 0 Å². The summed E-state index contributed by atoms with van der Waals surface area (Å²) in [7, 11) is 0. The first-order valence-corrected chi connectivity index (χ1v) is 13.3. The standard InChI is InChI=1S/C32H31N3O4/c1-3-22-10-14-25(15-11-22)35-31(37)28(30(36)33-32(35)38)20-24-21-34(29-9-6-5-8-27(24)29)18-7-19-39-26-16-12-23(4-2)13-17-26/h5-6,8-17,20-21H,3-4,7,18-19H2,1-2H3,(H,33,36,38)/b28-20-. The molecule has 0 spiro atoms. The van der Waals surface area contributed by atoms with Crippen molar-refractivity contribution >= 4 is 40.5 Å². The molecule has 0 unspecified atom stereocenters. The molecule has 0 atom stereocenters. The summed E-state index contributed by atoms with van der Waals surface area (Å²) in [5, 5.41) is 3.23. The second-order valence-corrected chi connectivity index (χ2v) is 9.47. The van der Waals surface area contributed by atoms with Gasteiger partial charge in [-0.1, -0.05) is 56.3 Å². The predicted molar refractivity (Wildman–Crippen MR) is 153 cm³/mol. The van der Waals surface area contributed by atoms with E-state index in [0.717, 1.165) is 51.9 Å². The largest absolute Gasteiger partial charge is 0.494 e. The van der Waals surface area contributed by atoms with Crippen LogP contribution in [0.4, 0.5) is 10.5 Å². The molecule has 7 nitrogen and oxygen atoms in total. The lowest BCUT2D eigenvalue weighted by molar-refractivity contribution is -0.122. The number of barbiturate groups is 1. The molecule has 0 radical (unpaired) electrons. The van der Waals surface area contributed by atoms with Gasteiger partial charge in [0.1, 0.15) is 11.3 Å². The van der Waals surface area contributed by atoms with E-state index < -0.39 is 17.8 Å². The van der Waals surface area contributed by atoms with E-state index >= 15 is 0 Å². The number of hydrogen-bond acceptors (Lipinski definition) is 4. The number of para-hydroxylation sites is 1. The van der Waals surface area contributed by atoms with Gasteiger partial charge in [-0.15, -0.1) is 0 Å². The number of nitrogens with one attached hydrogen (secondary N) is 1. The lowest BCUT2D eigenvalue weighted by Crippen LogP contribution is -2.54. The number of aryl methyl sites for hydroxylation is 3. The number of benzene rings is 3. The Kier molecular flexibility index (Phi) is 7.59. The fraction of sp³-hybridized carbons (Fsp3) is 0.219. The van der Waals surface area contributed by atoms with Crippen molar-refractivity contribution in [3.63, 3.8) is 0 Å². The van der Waals surface area contributed by atoms with Crippen molar-refractivity contribution in [2.75, 3.05) is 11.5 Å². The maximum atomic E-state index is 13.4. The van der Waals surface area contributed by atoms with Gasteiger partial charge in [-0.05, 0) is 66.8 Å². The number of ether oxygens (including phenoxy) is 1. The van der Waals surface area contributed by atoms with Crippen molar-refractivity contribution in [1.82, 2.24) is 9.88 Å². The molecule has 1 fully saturated rings. The van der Waals surface area contributed by atoms with Gasteiger partial charge < -0.3 is 9.30 Å². The van der Waals surface area contributed by atoms with Crippen LogP contribution in [0.25, 0.3) is 17.0 Å². The molecular weight excluding hydrogens is 490 g/mol. The summed E-state index contributed by atoms with van der Waals surface area (Å²) < 4.78 is 8.01. The van der Waals surface area contributed by atoms with Gasteiger partial charge in [0.15, 0.2) is 0 Å². The van der Waals surface area contributed by atoms with Crippen LogP contribution in [-0.4, -0.2) is 29.0 Å².